The highest BCUT2D eigenvalue weighted by atomic mass is 32.2. The first-order chi connectivity index (χ1) is 16.6. The van der Waals surface area contributed by atoms with E-state index in [1.54, 1.807) is 14.1 Å². The number of aromatic nitrogens is 1. The van der Waals surface area contributed by atoms with E-state index in [-0.39, 0.29) is 18.6 Å². The van der Waals surface area contributed by atoms with Crippen molar-refractivity contribution in [2.45, 2.75) is 70.2 Å². The van der Waals surface area contributed by atoms with Crippen LogP contribution in [-0.2, 0) is 17.5 Å². The zero-order valence-electron chi connectivity index (χ0n) is 21.5. The van der Waals surface area contributed by atoms with E-state index in [0.29, 0.717) is 18.7 Å². The maximum absolute atomic E-state index is 13.5. The van der Waals surface area contributed by atoms with Gasteiger partial charge < -0.3 is 10.0 Å². The van der Waals surface area contributed by atoms with E-state index in [0.717, 1.165) is 35.2 Å². The van der Waals surface area contributed by atoms with Gasteiger partial charge in [0.2, 0.25) is 0 Å². The van der Waals surface area contributed by atoms with E-state index >= 15 is 0 Å². The Morgan fingerprint density at radius 3 is 2.57 bits per heavy atom. The van der Waals surface area contributed by atoms with Crippen LogP contribution in [0.3, 0.4) is 0 Å². The molecule has 1 aliphatic carbocycles. The number of fused-ring (bicyclic) bond motifs is 1. The smallest absolute Gasteiger partial charge is 0.271 e. The van der Waals surface area contributed by atoms with Crippen LogP contribution in [0.25, 0.3) is 16.8 Å². The Kier molecular flexibility index (Phi) is 7.60. The summed E-state index contributed by atoms with van der Waals surface area (Å²) < 4.78 is 15.0. The van der Waals surface area contributed by atoms with E-state index in [2.05, 4.69) is 24.3 Å². The third-order valence-electron chi connectivity index (χ3n) is 6.71. The predicted molar refractivity (Wildman–Crippen MR) is 142 cm³/mol. The summed E-state index contributed by atoms with van der Waals surface area (Å²) in [5.41, 5.74) is 6.56. The van der Waals surface area contributed by atoms with Crippen molar-refractivity contribution >= 4 is 22.5 Å². The number of rotatable bonds is 6. The summed E-state index contributed by atoms with van der Waals surface area (Å²) in [7, 11) is 2.17. The van der Waals surface area contributed by atoms with Gasteiger partial charge in [0.05, 0.1) is 16.5 Å². The zero-order valence-corrected chi connectivity index (χ0v) is 22.3. The monoisotopic (exact) mass is 495 g/mol. The summed E-state index contributed by atoms with van der Waals surface area (Å²) in [6.07, 6.45) is 7.38. The van der Waals surface area contributed by atoms with Gasteiger partial charge in [0.25, 0.3) is 5.91 Å². The SMILES string of the molecule is CN(C)C(=O)c1cc2c(c(-c3cccc(C4=CCCCC4)c3)n1)[C@@H](CCO)N([S@](=O)C(C)(C)C)C2. The maximum Gasteiger partial charge on any atom is 0.271 e. The van der Waals surface area contributed by atoms with Gasteiger partial charge in [-0.25, -0.2) is 13.5 Å². The molecule has 0 saturated heterocycles. The average molecular weight is 496 g/mol. The van der Waals surface area contributed by atoms with Crippen LogP contribution in [-0.4, -0.2) is 54.9 Å². The average Bonchev–Trinajstić information content (AvgIpc) is 3.20. The molecular formula is C28H37N3O3S. The van der Waals surface area contributed by atoms with Crippen molar-refractivity contribution in [1.82, 2.24) is 14.2 Å². The minimum absolute atomic E-state index is 0.0211. The molecule has 1 aliphatic heterocycles. The Labute approximate surface area is 211 Å². The third kappa shape index (κ3) is 5.27. The van der Waals surface area contributed by atoms with Gasteiger partial charge in [-0.2, -0.15) is 0 Å². The lowest BCUT2D eigenvalue weighted by molar-refractivity contribution is 0.0822. The van der Waals surface area contributed by atoms with E-state index in [4.69, 9.17) is 4.98 Å². The first-order valence-corrected chi connectivity index (χ1v) is 13.6. The second-order valence-corrected chi connectivity index (χ2v) is 12.8. The highest BCUT2D eigenvalue weighted by Crippen LogP contribution is 2.44. The molecule has 2 atom stereocenters. The molecule has 2 aliphatic rings. The fourth-order valence-electron chi connectivity index (χ4n) is 4.99. The van der Waals surface area contributed by atoms with Gasteiger partial charge in [0.1, 0.15) is 16.7 Å². The molecule has 1 aromatic carbocycles. The minimum Gasteiger partial charge on any atom is -0.396 e. The molecular weight excluding hydrogens is 458 g/mol. The van der Waals surface area contributed by atoms with E-state index in [1.807, 2.05) is 37.2 Å². The number of hydrogen-bond acceptors (Lipinski definition) is 4. The van der Waals surface area contributed by atoms with Crippen LogP contribution in [0.4, 0.5) is 0 Å². The van der Waals surface area contributed by atoms with Gasteiger partial charge in [0.15, 0.2) is 0 Å². The Balaban J connectivity index is 1.89. The Hall–Kier alpha value is -2.35. The van der Waals surface area contributed by atoms with Crippen LogP contribution in [0, 0.1) is 0 Å². The van der Waals surface area contributed by atoms with Crippen LogP contribution in [0.5, 0.6) is 0 Å². The third-order valence-corrected chi connectivity index (χ3v) is 8.57. The van der Waals surface area contributed by atoms with Crippen molar-refractivity contribution in [2.75, 3.05) is 20.7 Å². The predicted octanol–water partition coefficient (Wildman–Crippen LogP) is 5.11. The lowest BCUT2D eigenvalue weighted by Crippen LogP contribution is -2.36. The normalized spacial score (nSPS) is 19.3. The van der Waals surface area contributed by atoms with Crippen molar-refractivity contribution < 1.29 is 14.1 Å². The van der Waals surface area contributed by atoms with Crippen molar-refractivity contribution in [3.8, 4) is 11.3 Å². The van der Waals surface area contributed by atoms with Gasteiger partial charge in [-0.05, 0) is 81.7 Å². The number of hydrogen-bond donors (Lipinski definition) is 1. The lowest BCUT2D eigenvalue weighted by Gasteiger charge is -2.30. The second kappa shape index (κ2) is 10.3. The number of carbonyl (C=O) groups excluding carboxylic acids is 1. The number of benzene rings is 1. The first-order valence-electron chi connectivity index (χ1n) is 12.5. The van der Waals surface area contributed by atoms with Crippen LogP contribution in [0.1, 0.15) is 86.1 Å². The fourth-order valence-corrected chi connectivity index (χ4v) is 6.40. The molecule has 7 heteroatoms. The topological polar surface area (TPSA) is 73.7 Å². The van der Waals surface area contributed by atoms with E-state index < -0.39 is 15.7 Å². The molecule has 1 amide bonds. The molecule has 1 aromatic heterocycles. The van der Waals surface area contributed by atoms with Gasteiger partial charge in [-0.15, -0.1) is 0 Å². The Bertz CT molecular complexity index is 1170. The van der Waals surface area contributed by atoms with Crippen molar-refractivity contribution in [3.63, 3.8) is 0 Å². The van der Waals surface area contributed by atoms with Crippen LogP contribution < -0.4 is 0 Å². The van der Waals surface area contributed by atoms with Crippen LogP contribution in [0.2, 0.25) is 0 Å². The second-order valence-electron chi connectivity index (χ2n) is 10.6. The fraction of sp³-hybridized carbons (Fsp3) is 0.500. The van der Waals surface area contributed by atoms with Gasteiger partial charge in [-0.1, -0.05) is 24.3 Å². The molecule has 35 heavy (non-hydrogen) atoms. The molecule has 2 heterocycles. The van der Waals surface area contributed by atoms with E-state index in [9.17, 15) is 14.1 Å². The summed E-state index contributed by atoms with van der Waals surface area (Å²) in [5.74, 6) is -0.158. The molecule has 0 saturated carbocycles. The van der Waals surface area contributed by atoms with Crippen molar-refractivity contribution in [1.29, 1.82) is 0 Å². The van der Waals surface area contributed by atoms with Gasteiger partial charge in [-0.3, -0.25) is 4.79 Å². The standard InChI is InChI=1S/C28H37N3O3S/c1-28(2,3)35(34)31-18-22-17-23(27(33)30(4)5)29-26(25(22)24(31)14-15-32)21-13-9-12-20(16-21)19-10-7-6-8-11-19/h9-10,12-13,16-17,24,32H,6-8,11,14-15,18H2,1-5H3/t24-,35-/m1/s1. The summed E-state index contributed by atoms with van der Waals surface area (Å²) in [5, 5.41) is 9.93. The molecule has 0 radical (unpaired) electrons. The van der Waals surface area contributed by atoms with Crippen molar-refractivity contribution in [2.24, 2.45) is 0 Å². The van der Waals surface area contributed by atoms with Crippen molar-refractivity contribution in [3.05, 3.63) is 58.8 Å². The molecule has 0 unspecified atom stereocenters. The molecule has 2 aromatic rings. The maximum atomic E-state index is 13.5. The summed E-state index contributed by atoms with van der Waals surface area (Å²) in [6, 6.07) is 10.0. The number of allylic oxidation sites excluding steroid dienone is 2. The number of amides is 1. The molecule has 1 N–H and O–H groups in total. The summed E-state index contributed by atoms with van der Waals surface area (Å²) in [4.78, 5) is 19.4. The molecule has 0 fully saturated rings. The van der Waals surface area contributed by atoms with Crippen LogP contribution in [0.15, 0.2) is 36.4 Å². The number of nitrogens with zero attached hydrogens (tertiary/aromatic N) is 3. The zero-order chi connectivity index (χ0) is 25.3. The largest absolute Gasteiger partial charge is 0.396 e. The van der Waals surface area contributed by atoms with Crippen LogP contribution >= 0.6 is 0 Å². The summed E-state index contributed by atoms with van der Waals surface area (Å²) in [6.45, 7) is 6.32. The lowest BCUT2D eigenvalue weighted by atomic mass is 9.90. The molecule has 188 valence electrons. The van der Waals surface area contributed by atoms with Gasteiger partial charge in [0, 0.05) is 38.4 Å². The number of aliphatic hydroxyl groups is 1. The quantitative estimate of drug-likeness (QED) is 0.604. The van der Waals surface area contributed by atoms with E-state index in [1.165, 1.54) is 28.9 Å². The Morgan fingerprint density at radius 2 is 1.94 bits per heavy atom. The molecule has 0 spiro atoms. The molecule has 6 nitrogen and oxygen atoms in total. The highest BCUT2D eigenvalue weighted by Gasteiger charge is 2.40. The summed E-state index contributed by atoms with van der Waals surface area (Å²) >= 11 is 0. The number of pyridine rings is 1. The van der Waals surface area contributed by atoms with Gasteiger partial charge >= 0.3 is 0 Å². The number of aliphatic hydroxyl groups excluding tert-OH is 1. The minimum atomic E-state index is -1.28. The number of carbonyl (C=O) groups is 1. The molecule has 0 bridgehead atoms. The highest BCUT2D eigenvalue weighted by molar-refractivity contribution is 7.84. The molecule has 4 rings (SSSR count). The Morgan fingerprint density at radius 1 is 1.20 bits per heavy atom. The first kappa shape index (κ1) is 25.7.